The van der Waals surface area contributed by atoms with Gasteiger partial charge in [0.15, 0.2) is 11.6 Å². The molecule has 3 rings (SSSR count). The highest BCUT2D eigenvalue weighted by molar-refractivity contribution is 6.31. The predicted molar refractivity (Wildman–Crippen MR) is 95.5 cm³/mol. The second-order valence-electron chi connectivity index (χ2n) is 5.87. The molecule has 0 spiro atoms. The normalized spacial score (nSPS) is 12.2. The van der Waals surface area contributed by atoms with Crippen LogP contribution in [0.5, 0.6) is 17.2 Å². The summed E-state index contributed by atoms with van der Waals surface area (Å²) in [6.45, 7) is 1.58. The van der Waals surface area contributed by atoms with Gasteiger partial charge in [-0.05, 0) is 30.7 Å². The van der Waals surface area contributed by atoms with Crippen LogP contribution < -0.4 is 14.2 Å². The van der Waals surface area contributed by atoms with Crippen LogP contribution in [0.15, 0.2) is 18.2 Å². The monoisotopic (exact) mass is 370 g/mol. The van der Waals surface area contributed by atoms with E-state index >= 15 is 0 Å². The Bertz CT molecular complexity index is 989. The van der Waals surface area contributed by atoms with Crippen molar-refractivity contribution in [3.63, 3.8) is 0 Å². The Morgan fingerprint density at radius 2 is 1.30 bits per heavy atom. The number of rotatable bonds is 4. The molecular weight excluding hydrogens is 352 g/mol. The maximum absolute atomic E-state index is 13.3. The van der Waals surface area contributed by atoms with Gasteiger partial charge < -0.3 is 18.9 Å². The summed E-state index contributed by atoms with van der Waals surface area (Å²) in [5, 5.41) is 0. The van der Waals surface area contributed by atoms with Crippen molar-refractivity contribution in [2.75, 3.05) is 28.4 Å². The molecule has 0 atom stereocenters. The fourth-order valence-corrected chi connectivity index (χ4v) is 3.39. The van der Waals surface area contributed by atoms with Crippen LogP contribution in [0, 0.1) is 6.92 Å². The number of hydrogen-bond donors (Lipinski definition) is 0. The highest BCUT2D eigenvalue weighted by atomic mass is 16.5. The Balaban J connectivity index is 2.40. The predicted octanol–water partition coefficient (Wildman–Crippen LogP) is 2.58. The van der Waals surface area contributed by atoms with Crippen LogP contribution >= 0.6 is 0 Å². The highest BCUT2D eigenvalue weighted by Crippen LogP contribution is 2.41. The first kappa shape index (κ1) is 18.4. The zero-order chi connectivity index (χ0) is 19.9. The van der Waals surface area contributed by atoms with Crippen LogP contribution in [-0.2, 0) is 4.74 Å². The third-order valence-corrected chi connectivity index (χ3v) is 4.65. The third-order valence-electron chi connectivity index (χ3n) is 4.65. The van der Waals surface area contributed by atoms with Crippen LogP contribution in [-0.4, -0.2) is 46.0 Å². The van der Waals surface area contributed by atoms with Gasteiger partial charge >= 0.3 is 5.97 Å². The average molecular weight is 370 g/mol. The molecule has 7 nitrogen and oxygen atoms in total. The van der Waals surface area contributed by atoms with Crippen LogP contribution in [0.4, 0.5) is 0 Å². The van der Waals surface area contributed by atoms with Crippen molar-refractivity contribution in [3.8, 4) is 17.2 Å². The minimum Gasteiger partial charge on any atom is -0.496 e. The third kappa shape index (κ3) is 2.54. The van der Waals surface area contributed by atoms with Crippen LogP contribution in [0.2, 0.25) is 0 Å². The molecule has 0 aromatic heterocycles. The summed E-state index contributed by atoms with van der Waals surface area (Å²) in [5.74, 6) is -0.817. The van der Waals surface area contributed by atoms with Gasteiger partial charge in [0.25, 0.3) is 0 Å². The number of benzene rings is 2. The first-order valence-electron chi connectivity index (χ1n) is 8.05. The van der Waals surface area contributed by atoms with E-state index in [0.29, 0.717) is 5.56 Å². The summed E-state index contributed by atoms with van der Waals surface area (Å²) in [6.07, 6.45) is 0. The number of ether oxygens (including phenoxy) is 4. The molecule has 0 radical (unpaired) electrons. The molecule has 0 fully saturated rings. The standard InChI is InChI=1S/C20H18O7/c1-9-14-10(8-13(26-4)15(9)20(23)27-5)18(21)16-11(24-2)6-7-12(25-3)17(16)19(14)22/h6-8H,1-5H3. The summed E-state index contributed by atoms with van der Waals surface area (Å²) < 4.78 is 20.6. The Labute approximate surface area is 155 Å². The number of carbonyl (C=O) groups excluding carboxylic acids is 3. The van der Waals surface area contributed by atoms with E-state index in [1.807, 2.05) is 0 Å². The fraction of sp³-hybridized carbons (Fsp3) is 0.250. The maximum Gasteiger partial charge on any atom is 0.341 e. The van der Waals surface area contributed by atoms with Gasteiger partial charge in [-0.3, -0.25) is 9.59 Å². The van der Waals surface area contributed by atoms with Gasteiger partial charge in [-0.2, -0.15) is 0 Å². The quantitative estimate of drug-likeness (QED) is 0.652. The van der Waals surface area contributed by atoms with E-state index in [4.69, 9.17) is 18.9 Å². The molecule has 0 amide bonds. The van der Waals surface area contributed by atoms with Gasteiger partial charge in [-0.1, -0.05) is 0 Å². The zero-order valence-corrected chi connectivity index (χ0v) is 15.6. The Morgan fingerprint density at radius 3 is 1.78 bits per heavy atom. The van der Waals surface area contributed by atoms with E-state index in [9.17, 15) is 14.4 Å². The molecule has 140 valence electrons. The summed E-state index contributed by atoms with van der Waals surface area (Å²) in [5.41, 5.74) is 0.914. The molecule has 1 aliphatic rings. The summed E-state index contributed by atoms with van der Waals surface area (Å²) in [6, 6.07) is 4.52. The molecule has 0 N–H and O–H groups in total. The minimum atomic E-state index is -0.657. The van der Waals surface area contributed by atoms with Gasteiger partial charge in [0.1, 0.15) is 22.8 Å². The van der Waals surface area contributed by atoms with Crippen LogP contribution in [0.25, 0.3) is 0 Å². The van der Waals surface area contributed by atoms with E-state index in [1.165, 1.54) is 34.5 Å². The molecule has 0 bridgehead atoms. The lowest BCUT2D eigenvalue weighted by molar-refractivity contribution is 0.0595. The molecule has 2 aromatic carbocycles. The van der Waals surface area contributed by atoms with E-state index in [2.05, 4.69) is 0 Å². The molecule has 0 unspecified atom stereocenters. The van der Waals surface area contributed by atoms with Crippen molar-refractivity contribution in [1.82, 2.24) is 0 Å². The minimum absolute atomic E-state index is 0.102. The van der Waals surface area contributed by atoms with Gasteiger partial charge in [0.2, 0.25) is 0 Å². The second kappa shape index (κ2) is 6.75. The van der Waals surface area contributed by atoms with E-state index in [0.717, 1.165) is 0 Å². The topological polar surface area (TPSA) is 88.1 Å². The average Bonchev–Trinajstić information content (AvgIpc) is 2.69. The number of carbonyl (C=O) groups is 3. The van der Waals surface area contributed by atoms with Crippen LogP contribution in [0.1, 0.15) is 47.8 Å². The van der Waals surface area contributed by atoms with Gasteiger partial charge in [0.05, 0.1) is 39.6 Å². The molecule has 0 heterocycles. The molecule has 0 aliphatic heterocycles. The smallest absolute Gasteiger partial charge is 0.341 e. The molecule has 0 saturated heterocycles. The van der Waals surface area contributed by atoms with Crippen molar-refractivity contribution in [1.29, 1.82) is 0 Å². The zero-order valence-electron chi connectivity index (χ0n) is 15.6. The van der Waals surface area contributed by atoms with Crippen molar-refractivity contribution in [3.05, 3.63) is 51.6 Å². The molecular formula is C20H18O7. The lowest BCUT2D eigenvalue weighted by Gasteiger charge is -2.24. The first-order valence-corrected chi connectivity index (χ1v) is 8.05. The van der Waals surface area contributed by atoms with Gasteiger partial charge in [-0.25, -0.2) is 4.79 Å². The fourth-order valence-electron chi connectivity index (χ4n) is 3.39. The Kier molecular flexibility index (Phi) is 4.61. The summed E-state index contributed by atoms with van der Waals surface area (Å²) >= 11 is 0. The molecule has 2 aromatic rings. The number of fused-ring (bicyclic) bond motifs is 2. The van der Waals surface area contributed by atoms with Crippen molar-refractivity contribution < 1.29 is 33.3 Å². The van der Waals surface area contributed by atoms with E-state index in [-0.39, 0.29) is 45.1 Å². The van der Waals surface area contributed by atoms with Gasteiger partial charge in [-0.15, -0.1) is 0 Å². The first-order chi connectivity index (χ1) is 12.9. The molecule has 7 heteroatoms. The second-order valence-corrected chi connectivity index (χ2v) is 5.87. The van der Waals surface area contributed by atoms with Crippen molar-refractivity contribution in [2.24, 2.45) is 0 Å². The molecule has 1 aliphatic carbocycles. The SMILES string of the molecule is COC(=O)c1c(OC)cc2c(c1C)C(=O)c1c(OC)ccc(OC)c1C2=O. The Hall–Kier alpha value is -3.35. The maximum atomic E-state index is 13.3. The summed E-state index contributed by atoms with van der Waals surface area (Å²) in [4.78, 5) is 38.7. The lowest BCUT2D eigenvalue weighted by Crippen LogP contribution is -2.25. The van der Waals surface area contributed by atoms with Crippen LogP contribution in [0.3, 0.4) is 0 Å². The highest BCUT2D eigenvalue weighted by Gasteiger charge is 2.38. The summed E-state index contributed by atoms with van der Waals surface area (Å²) in [7, 11) is 5.44. The van der Waals surface area contributed by atoms with Gasteiger partial charge in [0, 0.05) is 11.1 Å². The van der Waals surface area contributed by atoms with E-state index < -0.39 is 17.5 Å². The van der Waals surface area contributed by atoms with Crippen molar-refractivity contribution in [2.45, 2.75) is 6.92 Å². The largest absolute Gasteiger partial charge is 0.496 e. The molecule has 27 heavy (non-hydrogen) atoms. The number of esters is 1. The Morgan fingerprint density at radius 1 is 0.778 bits per heavy atom. The number of hydrogen-bond acceptors (Lipinski definition) is 7. The van der Waals surface area contributed by atoms with E-state index in [1.54, 1.807) is 19.1 Å². The number of ketones is 2. The number of methoxy groups -OCH3 is 4. The lowest BCUT2D eigenvalue weighted by atomic mass is 9.79. The molecule has 0 saturated carbocycles. The van der Waals surface area contributed by atoms with Crippen molar-refractivity contribution >= 4 is 17.5 Å².